The molecule has 0 spiro atoms. The summed E-state index contributed by atoms with van der Waals surface area (Å²) in [7, 11) is 0. The molecule has 0 unspecified atom stereocenters. The number of carbonyl (C=O) groups excluding carboxylic acids is 1. The second-order valence-electron chi connectivity index (χ2n) is 9.44. The summed E-state index contributed by atoms with van der Waals surface area (Å²) in [5.74, 6) is 2.78. The largest absolute Gasteiger partial charge is 0.392 e. The molecule has 28 heavy (non-hydrogen) atoms. The Labute approximate surface area is 172 Å². The van der Waals surface area contributed by atoms with Crippen molar-refractivity contribution in [2.24, 2.45) is 23.2 Å². The van der Waals surface area contributed by atoms with Crippen LogP contribution >= 0.6 is 11.3 Å². The van der Waals surface area contributed by atoms with Gasteiger partial charge in [0.2, 0.25) is 0 Å². The Kier molecular flexibility index (Phi) is 4.71. The molecule has 2 nitrogen and oxygen atoms in total. The topological polar surface area (TPSA) is 37.3 Å². The van der Waals surface area contributed by atoms with Crippen LogP contribution in [0.2, 0.25) is 0 Å². The summed E-state index contributed by atoms with van der Waals surface area (Å²) < 4.78 is 0. The minimum Gasteiger partial charge on any atom is -0.392 e. The SMILES string of the molecule is C[C@]12C[C@H](c3ccsc3)C3=C4CCC(=O)C=C4CC[C@H]3[C@@H]1CC[C@H]2C=CCO. The lowest BCUT2D eigenvalue weighted by atomic mass is 9.52. The lowest BCUT2D eigenvalue weighted by Gasteiger charge is -2.52. The molecule has 1 aromatic heterocycles. The molecule has 5 atom stereocenters. The summed E-state index contributed by atoms with van der Waals surface area (Å²) in [6.07, 6.45) is 13.9. The molecule has 1 aromatic rings. The van der Waals surface area contributed by atoms with Crippen molar-refractivity contribution in [3.63, 3.8) is 0 Å². The molecule has 3 heteroatoms. The number of carbonyl (C=O) groups is 1. The molecule has 148 valence electrons. The maximum absolute atomic E-state index is 12.0. The average molecular weight is 395 g/mol. The van der Waals surface area contributed by atoms with Crippen LogP contribution in [-0.4, -0.2) is 17.5 Å². The fraction of sp³-hybridized carbons (Fsp3) is 0.560. The lowest BCUT2D eigenvalue weighted by Crippen LogP contribution is -2.43. The Morgan fingerprint density at radius 3 is 2.93 bits per heavy atom. The van der Waals surface area contributed by atoms with Gasteiger partial charge in [0, 0.05) is 12.3 Å². The fourth-order valence-electron chi connectivity index (χ4n) is 7.01. The number of thiophene rings is 1. The van der Waals surface area contributed by atoms with Crippen molar-refractivity contribution >= 4 is 17.1 Å². The molecule has 0 radical (unpaired) electrons. The predicted octanol–water partition coefficient (Wildman–Crippen LogP) is 5.81. The van der Waals surface area contributed by atoms with Crippen molar-refractivity contribution in [2.75, 3.05) is 6.61 Å². The first-order valence-electron chi connectivity index (χ1n) is 10.9. The van der Waals surface area contributed by atoms with Crippen LogP contribution < -0.4 is 0 Å². The Morgan fingerprint density at radius 2 is 2.14 bits per heavy atom. The number of hydrogen-bond acceptors (Lipinski definition) is 3. The summed E-state index contributed by atoms with van der Waals surface area (Å²) in [6.45, 7) is 2.67. The van der Waals surface area contributed by atoms with Gasteiger partial charge in [0.15, 0.2) is 5.78 Å². The fourth-order valence-corrected chi connectivity index (χ4v) is 7.73. The maximum Gasteiger partial charge on any atom is 0.156 e. The third kappa shape index (κ3) is 2.81. The number of ketones is 1. The molecule has 4 aliphatic rings. The zero-order valence-electron chi connectivity index (χ0n) is 16.7. The number of allylic oxidation sites excluding steroid dienone is 5. The minimum absolute atomic E-state index is 0.145. The van der Waals surface area contributed by atoms with Gasteiger partial charge in [-0.15, -0.1) is 0 Å². The van der Waals surface area contributed by atoms with E-state index in [4.69, 9.17) is 0 Å². The molecule has 0 aromatic carbocycles. The highest BCUT2D eigenvalue weighted by molar-refractivity contribution is 7.08. The molecular formula is C25H30O2S. The lowest BCUT2D eigenvalue weighted by molar-refractivity contribution is -0.114. The highest BCUT2D eigenvalue weighted by Gasteiger charge is 2.55. The van der Waals surface area contributed by atoms with Crippen molar-refractivity contribution < 1.29 is 9.90 Å². The van der Waals surface area contributed by atoms with Crippen LogP contribution in [0.25, 0.3) is 0 Å². The average Bonchev–Trinajstić information content (AvgIpc) is 3.33. The quantitative estimate of drug-likeness (QED) is 0.657. The number of rotatable bonds is 3. The van der Waals surface area contributed by atoms with E-state index in [1.165, 1.54) is 36.8 Å². The van der Waals surface area contributed by atoms with E-state index in [1.807, 2.05) is 12.2 Å². The van der Waals surface area contributed by atoms with E-state index in [2.05, 4.69) is 29.8 Å². The summed E-state index contributed by atoms with van der Waals surface area (Å²) in [4.78, 5) is 12.0. The zero-order valence-corrected chi connectivity index (χ0v) is 17.5. The molecule has 5 rings (SSSR count). The number of fused-ring (bicyclic) bond motifs is 4. The Morgan fingerprint density at radius 1 is 1.25 bits per heavy atom. The number of hydrogen-bond donors (Lipinski definition) is 1. The van der Waals surface area contributed by atoms with Gasteiger partial charge in [0.05, 0.1) is 6.61 Å². The predicted molar refractivity (Wildman–Crippen MR) is 114 cm³/mol. The Hall–Kier alpha value is -1.45. The molecule has 1 heterocycles. The second kappa shape index (κ2) is 7.11. The number of aliphatic hydroxyl groups is 1. The minimum atomic E-state index is 0.145. The monoisotopic (exact) mass is 394 g/mol. The Bertz CT molecular complexity index is 859. The van der Waals surface area contributed by atoms with Crippen LogP contribution in [0.1, 0.15) is 63.4 Å². The Balaban J connectivity index is 1.63. The van der Waals surface area contributed by atoms with Gasteiger partial charge < -0.3 is 5.11 Å². The molecule has 0 bridgehead atoms. The maximum atomic E-state index is 12.0. The van der Waals surface area contributed by atoms with E-state index in [0.717, 1.165) is 18.8 Å². The van der Waals surface area contributed by atoms with Crippen LogP contribution in [0.15, 0.2) is 51.8 Å². The van der Waals surface area contributed by atoms with E-state index in [0.29, 0.717) is 35.4 Å². The summed E-state index contributed by atoms with van der Waals surface area (Å²) in [5.41, 5.74) is 6.37. The highest BCUT2D eigenvalue weighted by Crippen LogP contribution is 2.65. The molecule has 2 fully saturated rings. The number of aliphatic hydroxyl groups excluding tert-OH is 1. The smallest absolute Gasteiger partial charge is 0.156 e. The highest BCUT2D eigenvalue weighted by atomic mass is 32.1. The standard InChI is InChI=1S/C25H30O2S/c1-25-14-22(17-10-12-28-15-17)24-20-8-6-19(27)13-16(20)4-7-21(24)23(25)9-5-18(25)3-2-11-26/h2-3,10,12-13,15,18,21-23,26H,4-9,11,14H2,1H3/t18-,21+,22-,23+,25-/m1/s1. The molecule has 0 saturated heterocycles. The van der Waals surface area contributed by atoms with Gasteiger partial charge in [-0.1, -0.05) is 24.6 Å². The van der Waals surface area contributed by atoms with E-state index in [1.54, 1.807) is 22.5 Å². The van der Waals surface area contributed by atoms with Gasteiger partial charge >= 0.3 is 0 Å². The molecular weight excluding hydrogens is 364 g/mol. The van der Waals surface area contributed by atoms with Crippen LogP contribution in [0.4, 0.5) is 0 Å². The molecule has 0 aliphatic heterocycles. The van der Waals surface area contributed by atoms with Gasteiger partial charge in [0.25, 0.3) is 0 Å². The van der Waals surface area contributed by atoms with Crippen molar-refractivity contribution in [3.05, 3.63) is 57.3 Å². The molecule has 1 N–H and O–H groups in total. The molecule has 4 aliphatic carbocycles. The zero-order chi connectivity index (χ0) is 19.3. The van der Waals surface area contributed by atoms with Crippen LogP contribution in [0, 0.1) is 23.2 Å². The van der Waals surface area contributed by atoms with Gasteiger partial charge in [-0.2, -0.15) is 11.3 Å². The van der Waals surface area contributed by atoms with Crippen molar-refractivity contribution in [3.8, 4) is 0 Å². The molecule has 0 amide bonds. The van der Waals surface area contributed by atoms with Crippen LogP contribution in [-0.2, 0) is 4.79 Å². The van der Waals surface area contributed by atoms with Crippen molar-refractivity contribution in [1.82, 2.24) is 0 Å². The van der Waals surface area contributed by atoms with Crippen LogP contribution in [0.3, 0.4) is 0 Å². The van der Waals surface area contributed by atoms with E-state index >= 15 is 0 Å². The van der Waals surface area contributed by atoms with Gasteiger partial charge in [-0.25, -0.2) is 0 Å². The first-order chi connectivity index (χ1) is 13.6. The van der Waals surface area contributed by atoms with Gasteiger partial charge in [0.1, 0.15) is 0 Å². The summed E-state index contributed by atoms with van der Waals surface area (Å²) in [6, 6.07) is 2.32. The second-order valence-corrected chi connectivity index (χ2v) is 10.2. The normalized spacial score (nSPS) is 37.6. The van der Waals surface area contributed by atoms with Gasteiger partial charge in [-0.05, 0) is 101 Å². The third-order valence-electron chi connectivity index (χ3n) is 8.22. The first-order valence-corrected chi connectivity index (χ1v) is 11.8. The van der Waals surface area contributed by atoms with Crippen molar-refractivity contribution in [2.45, 2.75) is 57.8 Å². The van der Waals surface area contributed by atoms with Crippen LogP contribution in [0.5, 0.6) is 0 Å². The van der Waals surface area contributed by atoms with E-state index in [9.17, 15) is 9.90 Å². The summed E-state index contributed by atoms with van der Waals surface area (Å²) in [5, 5.41) is 13.9. The van der Waals surface area contributed by atoms with E-state index < -0.39 is 0 Å². The van der Waals surface area contributed by atoms with Gasteiger partial charge in [-0.3, -0.25) is 4.79 Å². The van der Waals surface area contributed by atoms with Crippen molar-refractivity contribution in [1.29, 1.82) is 0 Å². The molecule has 2 saturated carbocycles. The summed E-state index contributed by atoms with van der Waals surface area (Å²) >= 11 is 1.80. The van der Waals surface area contributed by atoms with E-state index in [-0.39, 0.29) is 6.61 Å². The first kappa shape index (κ1) is 18.6. The third-order valence-corrected chi connectivity index (χ3v) is 8.93.